The van der Waals surface area contributed by atoms with Gasteiger partial charge in [0.15, 0.2) is 0 Å². The summed E-state index contributed by atoms with van der Waals surface area (Å²) < 4.78 is 0.920. The lowest BCUT2D eigenvalue weighted by molar-refractivity contribution is 0.0961. The average Bonchev–Trinajstić information content (AvgIpc) is 2.55. The summed E-state index contributed by atoms with van der Waals surface area (Å²) >= 11 is 7.94. The third kappa shape index (κ3) is 3.32. The number of H-pyrrole nitrogens is 1. The molecule has 3 aromatic rings. The van der Waals surface area contributed by atoms with Crippen LogP contribution in [0.4, 0.5) is 5.69 Å². The van der Waals surface area contributed by atoms with E-state index in [1.165, 1.54) is 6.20 Å². The van der Waals surface area contributed by atoms with Crippen LogP contribution in [0.25, 0.3) is 10.9 Å². The molecule has 0 radical (unpaired) electrons. The standard InChI is InChI=1S/C16H11ClIN3O2/c17-9-4-6-10(7-5-9)20-21-16(23)12-8-19-14-11(15(12)22)2-1-3-13(14)18/h1-8,20H,(H,19,22)(H,21,23). The molecule has 0 aliphatic heterocycles. The second-order valence-electron chi connectivity index (χ2n) is 4.78. The van der Waals surface area contributed by atoms with Gasteiger partial charge in [0.05, 0.1) is 11.2 Å². The predicted octanol–water partition coefficient (Wildman–Crippen LogP) is 3.54. The Kier molecular flexibility index (Phi) is 4.53. The van der Waals surface area contributed by atoms with Crippen molar-refractivity contribution in [2.75, 3.05) is 5.43 Å². The average molecular weight is 440 g/mol. The van der Waals surface area contributed by atoms with E-state index in [1.807, 2.05) is 6.07 Å². The van der Waals surface area contributed by atoms with Crippen LogP contribution in [0.1, 0.15) is 10.4 Å². The highest BCUT2D eigenvalue weighted by Gasteiger charge is 2.13. The Labute approximate surface area is 150 Å². The number of hydrazine groups is 1. The van der Waals surface area contributed by atoms with Gasteiger partial charge in [0.2, 0.25) is 5.43 Å². The van der Waals surface area contributed by atoms with E-state index in [0.29, 0.717) is 16.1 Å². The van der Waals surface area contributed by atoms with Gasteiger partial charge in [-0.2, -0.15) is 0 Å². The number of para-hydroxylation sites is 1. The number of hydrogen-bond acceptors (Lipinski definition) is 3. The first-order chi connectivity index (χ1) is 11.1. The Balaban J connectivity index is 1.85. The molecule has 1 aromatic heterocycles. The van der Waals surface area contributed by atoms with Crippen LogP contribution in [0.2, 0.25) is 5.02 Å². The van der Waals surface area contributed by atoms with Gasteiger partial charge in [0.25, 0.3) is 5.91 Å². The summed E-state index contributed by atoms with van der Waals surface area (Å²) in [5.41, 5.74) is 6.36. The van der Waals surface area contributed by atoms with Gasteiger partial charge >= 0.3 is 0 Å². The number of fused-ring (bicyclic) bond motifs is 1. The number of aromatic amines is 1. The van der Waals surface area contributed by atoms with Crippen LogP contribution < -0.4 is 16.3 Å². The maximum atomic E-state index is 12.4. The molecule has 7 heteroatoms. The first kappa shape index (κ1) is 15.8. The topological polar surface area (TPSA) is 74.0 Å². The van der Waals surface area contributed by atoms with Crippen LogP contribution in [0.3, 0.4) is 0 Å². The molecule has 0 bridgehead atoms. The van der Waals surface area contributed by atoms with Crippen LogP contribution in [0, 0.1) is 3.57 Å². The van der Waals surface area contributed by atoms with E-state index in [-0.39, 0.29) is 11.0 Å². The molecule has 1 amide bonds. The molecule has 0 saturated heterocycles. The summed E-state index contributed by atoms with van der Waals surface area (Å²) in [7, 11) is 0. The van der Waals surface area contributed by atoms with E-state index < -0.39 is 5.91 Å². The molecule has 0 spiro atoms. The summed E-state index contributed by atoms with van der Waals surface area (Å²) in [6, 6.07) is 12.2. The summed E-state index contributed by atoms with van der Waals surface area (Å²) in [5, 5.41) is 1.08. The molecule has 3 N–H and O–H groups in total. The molecule has 116 valence electrons. The van der Waals surface area contributed by atoms with Gasteiger partial charge < -0.3 is 4.98 Å². The minimum Gasteiger partial charge on any atom is -0.359 e. The highest BCUT2D eigenvalue weighted by atomic mass is 127. The van der Waals surface area contributed by atoms with Gasteiger partial charge in [-0.3, -0.25) is 20.4 Å². The number of benzene rings is 2. The maximum Gasteiger partial charge on any atom is 0.275 e. The maximum absolute atomic E-state index is 12.4. The number of carbonyl (C=O) groups excluding carboxylic acids is 1. The third-order valence-corrected chi connectivity index (χ3v) is 4.42. The third-order valence-electron chi connectivity index (χ3n) is 3.27. The molecule has 2 aromatic carbocycles. The zero-order valence-corrected chi connectivity index (χ0v) is 14.6. The van der Waals surface area contributed by atoms with E-state index in [1.54, 1.807) is 36.4 Å². The first-order valence-corrected chi connectivity index (χ1v) is 8.14. The smallest absolute Gasteiger partial charge is 0.275 e. The molecular weight excluding hydrogens is 429 g/mol. The van der Waals surface area contributed by atoms with Crippen LogP contribution in [0.5, 0.6) is 0 Å². The molecular formula is C16H11ClIN3O2. The van der Waals surface area contributed by atoms with Crippen molar-refractivity contribution in [2.45, 2.75) is 0 Å². The van der Waals surface area contributed by atoms with Gasteiger partial charge in [-0.25, -0.2) is 0 Å². The number of rotatable bonds is 3. The Morgan fingerprint density at radius 3 is 2.61 bits per heavy atom. The van der Waals surface area contributed by atoms with Crippen molar-refractivity contribution in [2.24, 2.45) is 0 Å². The van der Waals surface area contributed by atoms with Gasteiger partial charge in [-0.05, 0) is 59.0 Å². The number of nitrogens with one attached hydrogen (secondary N) is 3. The van der Waals surface area contributed by atoms with Crippen LogP contribution in [-0.4, -0.2) is 10.9 Å². The Bertz CT molecular complexity index is 938. The largest absolute Gasteiger partial charge is 0.359 e. The minimum atomic E-state index is -0.512. The normalized spacial score (nSPS) is 10.5. The molecule has 1 heterocycles. The van der Waals surface area contributed by atoms with Crippen molar-refractivity contribution in [3.8, 4) is 0 Å². The lowest BCUT2D eigenvalue weighted by atomic mass is 10.1. The number of carbonyl (C=O) groups is 1. The SMILES string of the molecule is O=C(NNc1ccc(Cl)cc1)c1c[nH]c2c(I)cccc2c1=O. The second kappa shape index (κ2) is 6.59. The molecule has 0 fully saturated rings. The second-order valence-corrected chi connectivity index (χ2v) is 6.38. The molecule has 0 saturated carbocycles. The number of pyridine rings is 1. The van der Waals surface area contributed by atoms with Crippen LogP contribution in [0.15, 0.2) is 53.5 Å². The van der Waals surface area contributed by atoms with Gasteiger partial charge in [0, 0.05) is 20.2 Å². The lowest BCUT2D eigenvalue weighted by Gasteiger charge is -2.09. The van der Waals surface area contributed by atoms with Crippen molar-refractivity contribution in [3.63, 3.8) is 0 Å². The number of anilines is 1. The lowest BCUT2D eigenvalue weighted by Crippen LogP contribution is -2.33. The molecule has 0 aliphatic carbocycles. The monoisotopic (exact) mass is 439 g/mol. The summed E-state index contributed by atoms with van der Waals surface area (Å²) in [5.74, 6) is -0.512. The Hall–Kier alpha value is -2.06. The number of amides is 1. The highest BCUT2D eigenvalue weighted by Crippen LogP contribution is 2.16. The van der Waals surface area contributed by atoms with Crippen molar-refractivity contribution >= 4 is 56.7 Å². The van der Waals surface area contributed by atoms with E-state index in [9.17, 15) is 9.59 Å². The van der Waals surface area contributed by atoms with Gasteiger partial charge in [-0.15, -0.1) is 0 Å². The van der Waals surface area contributed by atoms with E-state index >= 15 is 0 Å². The number of halogens is 2. The quantitative estimate of drug-likeness (QED) is 0.432. The summed E-state index contributed by atoms with van der Waals surface area (Å²) in [4.78, 5) is 27.7. The fourth-order valence-electron chi connectivity index (χ4n) is 2.11. The molecule has 23 heavy (non-hydrogen) atoms. The van der Waals surface area contributed by atoms with Gasteiger partial charge in [-0.1, -0.05) is 17.7 Å². The molecule has 0 aliphatic rings. The number of hydrogen-bond donors (Lipinski definition) is 3. The van der Waals surface area contributed by atoms with E-state index in [0.717, 1.165) is 9.09 Å². The molecule has 5 nitrogen and oxygen atoms in total. The highest BCUT2D eigenvalue weighted by molar-refractivity contribution is 14.1. The first-order valence-electron chi connectivity index (χ1n) is 6.68. The summed E-state index contributed by atoms with van der Waals surface area (Å²) in [6.07, 6.45) is 1.42. The Morgan fingerprint density at radius 1 is 1.13 bits per heavy atom. The van der Waals surface area contributed by atoms with Crippen molar-refractivity contribution in [1.29, 1.82) is 0 Å². The molecule has 0 unspecified atom stereocenters. The van der Waals surface area contributed by atoms with Gasteiger partial charge in [0.1, 0.15) is 5.56 Å². The van der Waals surface area contributed by atoms with Crippen molar-refractivity contribution in [1.82, 2.24) is 10.4 Å². The van der Waals surface area contributed by atoms with E-state index in [2.05, 4.69) is 38.4 Å². The van der Waals surface area contributed by atoms with Crippen molar-refractivity contribution in [3.05, 3.63) is 73.0 Å². The molecule has 3 rings (SSSR count). The van der Waals surface area contributed by atoms with E-state index in [4.69, 9.17) is 11.6 Å². The fraction of sp³-hybridized carbons (Fsp3) is 0. The molecule has 0 atom stereocenters. The zero-order chi connectivity index (χ0) is 16.4. The predicted molar refractivity (Wildman–Crippen MR) is 99.8 cm³/mol. The van der Waals surface area contributed by atoms with Crippen LogP contribution >= 0.6 is 34.2 Å². The van der Waals surface area contributed by atoms with Crippen molar-refractivity contribution < 1.29 is 4.79 Å². The Morgan fingerprint density at radius 2 is 1.87 bits per heavy atom. The zero-order valence-electron chi connectivity index (χ0n) is 11.7. The van der Waals surface area contributed by atoms with Crippen LogP contribution in [-0.2, 0) is 0 Å². The summed E-state index contributed by atoms with van der Waals surface area (Å²) in [6.45, 7) is 0. The number of aromatic nitrogens is 1. The fourth-order valence-corrected chi connectivity index (χ4v) is 2.89. The minimum absolute atomic E-state index is 0.0426.